The lowest BCUT2D eigenvalue weighted by molar-refractivity contribution is -0.117. The normalized spacial score (nSPS) is 12.3. The van der Waals surface area contributed by atoms with Crippen LogP contribution in [0.1, 0.15) is 13.3 Å². The predicted molar refractivity (Wildman–Crippen MR) is 61.0 cm³/mol. The Morgan fingerprint density at radius 2 is 2.19 bits per heavy atom. The van der Waals surface area contributed by atoms with Crippen LogP contribution in [0.4, 0.5) is 14.5 Å². The Hall–Kier alpha value is -1.01. The minimum Gasteiger partial charge on any atom is -0.321 e. The van der Waals surface area contributed by atoms with Crippen molar-refractivity contribution in [2.24, 2.45) is 5.73 Å². The van der Waals surface area contributed by atoms with E-state index in [0.717, 1.165) is 6.07 Å². The molecule has 0 fully saturated rings. The Kier molecular flexibility index (Phi) is 4.37. The van der Waals surface area contributed by atoms with Gasteiger partial charge in [0.05, 0.1) is 11.7 Å². The van der Waals surface area contributed by atoms with E-state index in [9.17, 15) is 13.6 Å². The molecule has 88 valence electrons. The molecule has 1 aromatic rings. The number of hydrogen-bond acceptors (Lipinski definition) is 2. The molecule has 1 rings (SSSR count). The summed E-state index contributed by atoms with van der Waals surface area (Å²) < 4.78 is 26.2. The van der Waals surface area contributed by atoms with Crippen LogP contribution in [0.2, 0.25) is 0 Å². The van der Waals surface area contributed by atoms with Crippen molar-refractivity contribution < 1.29 is 13.6 Å². The molecule has 0 aromatic heterocycles. The van der Waals surface area contributed by atoms with E-state index in [-0.39, 0.29) is 10.2 Å². The first-order chi connectivity index (χ1) is 7.45. The maximum atomic E-state index is 13.3. The van der Waals surface area contributed by atoms with Crippen LogP contribution >= 0.6 is 15.9 Å². The van der Waals surface area contributed by atoms with E-state index < -0.39 is 23.6 Å². The van der Waals surface area contributed by atoms with Crippen molar-refractivity contribution in [2.45, 2.75) is 19.4 Å². The van der Waals surface area contributed by atoms with Crippen molar-refractivity contribution in [3.8, 4) is 0 Å². The smallest absolute Gasteiger partial charge is 0.241 e. The van der Waals surface area contributed by atoms with Crippen LogP contribution in [0.15, 0.2) is 16.6 Å². The highest BCUT2D eigenvalue weighted by Gasteiger charge is 2.16. The Balaban J connectivity index is 2.93. The number of carbonyl (C=O) groups excluding carboxylic acids is 1. The zero-order valence-corrected chi connectivity index (χ0v) is 10.1. The van der Waals surface area contributed by atoms with Gasteiger partial charge in [0, 0.05) is 10.5 Å². The lowest BCUT2D eigenvalue weighted by atomic mass is 10.2. The first-order valence-electron chi connectivity index (χ1n) is 4.66. The summed E-state index contributed by atoms with van der Waals surface area (Å²) in [6.07, 6.45) is 0.437. The molecule has 0 bridgehead atoms. The molecule has 1 aromatic carbocycles. The number of benzene rings is 1. The maximum Gasteiger partial charge on any atom is 0.241 e. The second-order valence-corrected chi connectivity index (χ2v) is 4.10. The maximum absolute atomic E-state index is 13.3. The first kappa shape index (κ1) is 13.1. The molecule has 0 saturated heterocycles. The first-order valence-corrected chi connectivity index (χ1v) is 5.46. The van der Waals surface area contributed by atoms with Gasteiger partial charge in [0.2, 0.25) is 5.91 Å². The number of amides is 1. The Labute approximate surface area is 100 Å². The standard InChI is InChI=1S/C10H11BrF2N2O/c1-2-8(14)10(16)15-9-6(11)3-5(12)4-7(9)13/h3-4,8H,2,14H2,1H3,(H,15,16). The lowest BCUT2D eigenvalue weighted by Crippen LogP contribution is -2.35. The molecule has 0 aliphatic heterocycles. The average Bonchev–Trinajstić information content (AvgIpc) is 2.21. The van der Waals surface area contributed by atoms with E-state index in [0.29, 0.717) is 12.5 Å². The molecular formula is C10H11BrF2N2O. The third-order valence-corrected chi connectivity index (χ3v) is 2.66. The Morgan fingerprint density at radius 3 is 2.69 bits per heavy atom. The number of anilines is 1. The van der Waals surface area contributed by atoms with Crippen LogP contribution in [0.5, 0.6) is 0 Å². The van der Waals surface area contributed by atoms with Crippen LogP contribution in [0, 0.1) is 11.6 Å². The molecule has 0 heterocycles. The molecule has 16 heavy (non-hydrogen) atoms. The van der Waals surface area contributed by atoms with E-state index >= 15 is 0 Å². The van der Waals surface area contributed by atoms with Gasteiger partial charge in [-0.25, -0.2) is 8.78 Å². The van der Waals surface area contributed by atoms with Crippen molar-refractivity contribution in [3.05, 3.63) is 28.2 Å². The van der Waals surface area contributed by atoms with E-state index in [4.69, 9.17) is 5.73 Å². The van der Waals surface area contributed by atoms with Crippen molar-refractivity contribution in [3.63, 3.8) is 0 Å². The van der Waals surface area contributed by atoms with Gasteiger partial charge in [0.1, 0.15) is 5.82 Å². The highest BCUT2D eigenvalue weighted by Crippen LogP contribution is 2.26. The molecule has 0 saturated carbocycles. The Bertz CT molecular complexity index is 389. The van der Waals surface area contributed by atoms with Gasteiger partial charge in [-0.1, -0.05) is 6.92 Å². The predicted octanol–water partition coefficient (Wildman–Crippen LogP) is 2.40. The molecule has 3 nitrogen and oxygen atoms in total. The third-order valence-electron chi connectivity index (χ3n) is 2.03. The fourth-order valence-corrected chi connectivity index (χ4v) is 1.57. The third kappa shape index (κ3) is 2.99. The van der Waals surface area contributed by atoms with Crippen LogP contribution in [0.25, 0.3) is 0 Å². The van der Waals surface area contributed by atoms with Crippen molar-refractivity contribution in [2.75, 3.05) is 5.32 Å². The molecule has 0 aliphatic carbocycles. The molecule has 1 amide bonds. The van der Waals surface area contributed by atoms with Gasteiger partial charge in [-0.05, 0) is 28.4 Å². The summed E-state index contributed by atoms with van der Waals surface area (Å²) in [6, 6.07) is 1.05. The molecule has 0 radical (unpaired) electrons. The van der Waals surface area contributed by atoms with Gasteiger partial charge in [-0.15, -0.1) is 0 Å². The van der Waals surface area contributed by atoms with Gasteiger partial charge in [-0.3, -0.25) is 4.79 Å². The molecule has 1 atom stereocenters. The van der Waals surface area contributed by atoms with Gasteiger partial charge in [0.25, 0.3) is 0 Å². The lowest BCUT2D eigenvalue weighted by Gasteiger charge is -2.12. The molecule has 0 spiro atoms. The van der Waals surface area contributed by atoms with E-state index in [1.807, 2.05) is 0 Å². The van der Waals surface area contributed by atoms with Crippen LogP contribution in [-0.2, 0) is 4.79 Å². The number of nitrogens with one attached hydrogen (secondary N) is 1. The number of carbonyl (C=O) groups is 1. The second-order valence-electron chi connectivity index (χ2n) is 3.25. The van der Waals surface area contributed by atoms with Gasteiger partial charge in [-0.2, -0.15) is 0 Å². The number of halogens is 3. The fourth-order valence-electron chi connectivity index (χ4n) is 1.06. The summed E-state index contributed by atoms with van der Waals surface area (Å²) in [7, 11) is 0. The van der Waals surface area contributed by atoms with Crippen molar-refractivity contribution in [1.29, 1.82) is 0 Å². The zero-order valence-electron chi connectivity index (χ0n) is 8.56. The largest absolute Gasteiger partial charge is 0.321 e. The number of nitrogens with two attached hydrogens (primary N) is 1. The summed E-state index contributed by atoms with van der Waals surface area (Å²) in [4.78, 5) is 11.4. The van der Waals surface area contributed by atoms with E-state index in [2.05, 4.69) is 21.2 Å². The average molecular weight is 293 g/mol. The quantitative estimate of drug-likeness (QED) is 0.899. The summed E-state index contributed by atoms with van der Waals surface area (Å²) >= 11 is 2.96. The van der Waals surface area contributed by atoms with E-state index in [1.165, 1.54) is 0 Å². The van der Waals surface area contributed by atoms with Gasteiger partial charge < -0.3 is 11.1 Å². The summed E-state index contributed by atoms with van der Waals surface area (Å²) in [5.41, 5.74) is 5.37. The minimum absolute atomic E-state index is 0.102. The highest BCUT2D eigenvalue weighted by molar-refractivity contribution is 9.10. The summed E-state index contributed by atoms with van der Waals surface area (Å²) in [5.74, 6) is -2.07. The molecule has 3 N–H and O–H groups in total. The fraction of sp³-hybridized carbons (Fsp3) is 0.300. The molecule has 0 aliphatic rings. The number of hydrogen-bond donors (Lipinski definition) is 2. The topological polar surface area (TPSA) is 55.1 Å². The second kappa shape index (κ2) is 5.36. The molecular weight excluding hydrogens is 282 g/mol. The van der Waals surface area contributed by atoms with E-state index in [1.54, 1.807) is 6.92 Å². The highest BCUT2D eigenvalue weighted by atomic mass is 79.9. The number of rotatable bonds is 3. The van der Waals surface area contributed by atoms with Crippen molar-refractivity contribution >= 4 is 27.5 Å². The molecule has 6 heteroatoms. The van der Waals surface area contributed by atoms with Crippen LogP contribution in [-0.4, -0.2) is 11.9 Å². The van der Waals surface area contributed by atoms with Gasteiger partial charge in [0.15, 0.2) is 5.82 Å². The molecule has 1 unspecified atom stereocenters. The minimum atomic E-state index is -0.844. The van der Waals surface area contributed by atoms with Crippen molar-refractivity contribution in [1.82, 2.24) is 0 Å². The monoisotopic (exact) mass is 292 g/mol. The van der Waals surface area contributed by atoms with Gasteiger partial charge >= 0.3 is 0 Å². The SMILES string of the molecule is CCC(N)C(=O)Nc1c(F)cc(F)cc1Br. The van der Waals surface area contributed by atoms with Crippen LogP contribution in [0.3, 0.4) is 0 Å². The Morgan fingerprint density at radius 1 is 1.56 bits per heavy atom. The summed E-state index contributed by atoms with van der Waals surface area (Å²) in [5, 5.41) is 2.30. The zero-order chi connectivity index (χ0) is 12.3. The summed E-state index contributed by atoms with van der Waals surface area (Å²) in [6.45, 7) is 1.74. The van der Waals surface area contributed by atoms with Crippen LogP contribution < -0.4 is 11.1 Å².